The van der Waals surface area contributed by atoms with E-state index in [2.05, 4.69) is 20.3 Å². The number of halogens is 1. The number of aryl methyl sites for hydroxylation is 1. The fraction of sp³-hybridized carbons (Fsp3) is 0.320. The van der Waals surface area contributed by atoms with Gasteiger partial charge in [-0.25, -0.2) is 14.6 Å². The van der Waals surface area contributed by atoms with Gasteiger partial charge in [0.05, 0.1) is 17.6 Å². The fourth-order valence-corrected chi connectivity index (χ4v) is 4.84. The minimum atomic E-state index is -0.383. The Kier molecular flexibility index (Phi) is 6.46. The molecule has 1 amide bonds. The number of piperidine rings is 1. The van der Waals surface area contributed by atoms with Crippen LogP contribution in [0.4, 0.5) is 11.6 Å². The van der Waals surface area contributed by atoms with Crippen molar-refractivity contribution >= 4 is 29.1 Å². The summed E-state index contributed by atoms with van der Waals surface area (Å²) in [5.74, 6) is 0.577. The molecule has 0 aliphatic carbocycles. The van der Waals surface area contributed by atoms with Gasteiger partial charge in [0, 0.05) is 44.4 Å². The van der Waals surface area contributed by atoms with Gasteiger partial charge in [0.2, 0.25) is 0 Å². The number of hydrogen-bond donors (Lipinski definition) is 2. The molecular weight excluding hydrogens is 494 g/mol. The first-order chi connectivity index (χ1) is 17.7. The molecule has 0 bridgehead atoms. The Morgan fingerprint density at radius 3 is 2.59 bits per heavy atom. The summed E-state index contributed by atoms with van der Waals surface area (Å²) in [6, 6.07) is 8.76. The average molecular weight is 522 g/mol. The van der Waals surface area contributed by atoms with Crippen LogP contribution in [0, 0.1) is 6.92 Å². The van der Waals surface area contributed by atoms with Crippen LogP contribution in [0.3, 0.4) is 0 Å². The predicted octanol–water partition coefficient (Wildman–Crippen LogP) is 2.31. The van der Waals surface area contributed by atoms with Crippen LogP contribution in [-0.2, 0) is 14.1 Å². The van der Waals surface area contributed by atoms with E-state index in [1.807, 2.05) is 19.3 Å². The van der Waals surface area contributed by atoms with Gasteiger partial charge in [-0.15, -0.1) is 0 Å². The Morgan fingerprint density at radius 1 is 1.16 bits per heavy atom. The van der Waals surface area contributed by atoms with Crippen molar-refractivity contribution in [2.24, 2.45) is 14.1 Å². The van der Waals surface area contributed by atoms with E-state index in [0.29, 0.717) is 59.7 Å². The molecule has 5 rings (SSSR count). The summed E-state index contributed by atoms with van der Waals surface area (Å²) in [5.41, 5.74) is 8.44. The van der Waals surface area contributed by atoms with Crippen molar-refractivity contribution in [3.8, 4) is 17.1 Å². The lowest BCUT2D eigenvalue weighted by Gasteiger charge is -2.33. The van der Waals surface area contributed by atoms with Gasteiger partial charge in [-0.1, -0.05) is 17.7 Å². The zero-order valence-corrected chi connectivity index (χ0v) is 21.6. The third-order valence-electron chi connectivity index (χ3n) is 6.72. The van der Waals surface area contributed by atoms with Crippen LogP contribution in [0.5, 0.6) is 0 Å². The number of nitrogens with two attached hydrogens (primary N) is 1. The van der Waals surface area contributed by atoms with Gasteiger partial charge >= 0.3 is 0 Å². The molecule has 1 aliphatic rings. The molecule has 12 heteroatoms. The normalized spacial score (nSPS) is 14.2. The van der Waals surface area contributed by atoms with Gasteiger partial charge in [0.1, 0.15) is 17.0 Å². The SMILES string of the molecule is Cc1c(C(=O)NC2CCN(c3nc(-c4ccn(C)n4)cnc3N)CC2)c(=O)n(-c2cccc(Cl)c2)n1C. The van der Waals surface area contributed by atoms with E-state index in [1.54, 1.807) is 53.8 Å². The number of rotatable bonds is 5. The summed E-state index contributed by atoms with van der Waals surface area (Å²) in [4.78, 5) is 37.5. The van der Waals surface area contributed by atoms with Crippen molar-refractivity contribution in [3.05, 3.63) is 69.4 Å². The first-order valence-corrected chi connectivity index (χ1v) is 12.3. The molecule has 0 atom stereocenters. The summed E-state index contributed by atoms with van der Waals surface area (Å²) in [6.45, 7) is 3.03. The molecule has 192 valence electrons. The molecular formula is C25H28ClN9O2. The number of benzene rings is 1. The smallest absolute Gasteiger partial charge is 0.284 e. The van der Waals surface area contributed by atoms with Crippen molar-refractivity contribution in [3.63, 3.8) is 0 Å². The molecule has 1 saturated heterocycles. The Balaban J connectivity index is 1.29. The summed E-state index contributed by atoms with van der Waals surface area (Å²) in [6.07, 6.45) is 4.82. The predicted molar refractivity (Wildman–Crippen MR) is 142 cm³/mol. The Hall–Kier alpha value is -4.12. The van der Waals surface area contributed by atoms with Gasteiger partial charge in [-0.05, 0) is 44.0 Å². The summed E-state index contributed by atoms with van der Waals surface area (Å²) in [7, 11) is 3.59. The zero-order chi connectivity index (χ0) is 26.3. The molecule has 1 aliphatic heterocycles. The number of hydrogen-bond acceptors (Lipinski definition) is 7. The molecule has 4 aromatic rings. The van der Waals surface area contributed by atoms with Gasteiger partial charge in [-0.2, -0.15) is 5.10 Å². The van der Waals surface area contributed by atoms with Crippen molar-refractivity contribution in [2.75, 3.05) is 23.7 Å². The summed E-state index contributed by atoms with van der Waals surface area (Å²) in [5, 5.41) is 7.95. The molecule has 0 unspecified atom stereocenters. The van der Waals surface area contributed by atoms with Crippen LogP contribution < -0.4 is 21.5 Å². The first kappa shape index (κ1) is 24.6. The maximum Gasteiger partial charge on any atom is 0.284 e. The van der Waals surface area contributed by atoms with Crippen molar-refractivity contribution in [2.45, 2.75) is 25.8 Å². The van der Waals surface area contributed by atoms with E-state index in [9.17, 15) is 9.59 Å². The third-order valence-corrected chi connectivity index (χ3v) is 6.96. The van der Waals surface area contributed by atoms with Crippen LogP contribution in [0.1, 0.15) is 28.9 Å². The third kappa shape index (κ3) is 4.69. The van der Waals surface area contributed by atoms with E-state index in [1.165, 1.54) is 4.68 Å². The largest absolute Gasteiger partial charge is 0.381 e. The monoisotopic (exact) mass is 521 g/mol. The van der Waals surface area contributed by atoms with Crippen LogP contribution in [0.15, 0.2) is 47.5 Å². The van der Waals surface area contributed by atoms with Crippen molar-refractivity contribution in [1.29, 1.82) is 0 Å². The second-order valence-corrected chi connectivity index (χ2v) is 9.59. The molecule has 3 N–H and O–H groups in total. The summed E-state index contributed by atoms with van der Waals surface area (Å²) < 4.78 is 4.83. The molecule has 1 aromatic carbocycles. The van der Waals surface area contributed by atoms with E-state index < -0.39 is 0 Å². The molecule has 11 nitrogen and oxygen atoms in total. The van der Waals surface area contributed by atoms with E-state index in [4.69, 9.17) is 22.3 Å². The molecule has 4 heterocycles. The Morgan fingerprint density at radius 2 is 1.92 bits per heavy atom. The first-order valence-electron chi connectivity index (χ1n) is 12.0. The van der Waals surface area contributed by atoms with Gasteiger partial charge < -0.3 is 16.0 Å². The van der Waals surface area contributed by atoms with Crippen LogP contribution in [0.2, 0.25) is 5.02 Å². The second kappa shape index (κ2) is 9.74. The maximum absolute atomic E-state index is 13.2. The van der Waals surface area contributed by atoms with Crippen molar-refractivity contribution < 1.29 is 4.79 Å². The summed E-state index contributed by atoms with van der Waals surface area (Å²) >= 11 is 6.12. The molecule has 3 aromatic heterocycles. The zero-order valence-electron chi connectivity index (χ0n) is 20.8. The van der Waals surface area contributed by atoms with E-state index in [0.717, 1.165) is 5.69 Å². The molecule has 0 spiro atoms. The van der Waals surface area contributed by atoms with Crippen LogP contribution in [-0.4, -0.2) is 54.2 Å². The minimum Gasteiger partial charge on any atom is -0.381 e. The lowest BCUT2D eigenvalue weighted by molar-refractivity contribution is 0.0929. The number of nitrogens with zero attached hydrogens (tertiary/aromatic N) is 7. The number of aromatic nitrogens is 6. The minimum absolute atomic E-state index is 0.0875. The van der Waals surface area contributed by atoms with E-state index >= 15 is 0 Å². The van der Waals surface area contributed by atoms with Crippen LogP contribution >= 0.6 is 11.6 Å². The average Bonchev–Trinajstić information content (AvgIpc) is 3.40. The maximum atomic E-state index is 13.2. The molecule has 0 saturated carbocycles. The van der Waals surface area contributed by atoms with Crippen LogP contribution in [0.25, 0.3) is 17.1 Å². The molecule has 1 fully saturated rings. The Labute approximate surface area is 218 Å². The number of amides is 1. The highest BCUT2D eigenvalue weighted by atomic mass is 35.5. The van der Waals surface area contributed by atoms with Gasteiger partial charge in [0.15, 0.2) is 11.6 Å². The van der Waals surface area contributed by atoms with E-state index in [-0.39, 0.29) is 23.1 Å². The molecule has 0 radical (unpaired) electrons. The number of carbonyl (C=O) groups is 1. The standard InChI is InChI=1S/C25H28ClN9O2/c1-15-21(25(37)35(33(15)3)18-6-4-5-16(26)13-18)24(36)29-17-7-11-34(12-8-17)23-22(27)28-14-20(30-23)19-9-10-32(2)31-19/h4-6,9-10,13-14,17H,7-8,11-12H2,1-3H3,(H2,27,28)(H,29,36). The van der Waals surface area contributed by atoms with Gasteiger partial charge in [-0.3, -0.25) is 19.0 Å². The lowest BCUT2D eigenvalue weighted by Crippen LogP contribution is -2.46. The highest BCUT2D eigenvalue weighted by molar-refractivity contribution is 6.30. The number of carbonyl (C=O) groups excluding carboxylic acids is 1. The Bertz CT molecular complexity index is 1530. The lowest BCUT2D eigenvalue weighted by atomic mass is 10.0. The number of anilines is 2. The second-order valence-electron chi connectivity index (χ2n) is 9.15. The fourth-order valence-electron chi connectivity index (χ4n) is 4.66. The van der Waals surface area contributed by atoms with Gasteiger partial charge in [0.25, 0.3) is 11.5 Å². The highest BCUT2D eigenvalue weighted by Gasteiger charge is 2.27. The highest BCUT2D eigenvalue weighted by Crippen LogP contribution is 2.26. The molecule has 37 heavy (non-hydrogen) atoms. The number of nitrogen functional groups attached to an aromatic ring is 1. The van der Waals surface area contributed by atoms with Crippen molar-refractivity contribution in [1.82, 2.24) is 34.4 Å². The quantitative estimate of drug-likeness (QED) is 0.412. The number of nitrogens with one attached hydrogen (secondary N) is 1. The topological polar surface area (TPSA) is 129 Å².